The fraction of sp³-hybridized carbons (Fsp3) is 0.600. The average Bonchev–Trinajstić information content (AvgIpc) is 2.64. The highest BCUT2D eigenvalue weighted by Crippen LogP contribution is 2.27. The molecule has 0 unspecified atom stereocenters. The van der Waals surface area contributed by atoms with Gasteiger partial charge in [-0.2, -0.15) is 0 Å². The molecule has 27 heavy (non-hydrogen) atoms. The third kappa shape index (κ3) is 6.05. The summed E-state index contributed by atoms with van der Waals surface area (Å²) >= 11 is 0. The van der Waals surface area contributed by atoms with Crippen molar-refractivity contribution in [3.8, 4) is 11.5 Å². The second-order valence-electron chi connectivity index (χ2n) is 7.89. The number of ether oxygens (including phenoxy) is 2. The number of piperidine rings is 1. The van der Waals surface area contributed by atoms with Gasteiger partial charge in [0.25, 0.3) is 5.91 Å². The summed E-state index contributed by atoms with van der Waals surface area (Å²) in [6.07, 6.45) is 1.76. The van der Waals surface area contributed by atoms with Crippen molar-refractivity contribution >= 4 is 11.9 Å². The molecule has 1 heterocycles. The van der Waals surface area contributed by atoms with E-state index in [2.05, 4.69) is 10.6 Å². The van der Waals surface area contributed by atoms with Crippen LogP contribution < -0.4 is 20.1 Å². The molecule has 7 heteroatoms. The van der Waals surface area contributed by atoms with Crippen molar-refractivity contribution in [3.63, 3.8) is 0 Å². The Morgan fingerprint density at radius 1 is 1.11 bits per heavy atom. The first-order valence-electron chi connectivity index (χ1n) is 9.31. The molecule has 2 rings (SSSR count). The lowest BCUT2D eigenvalue weighted by Crippen LogP contribution is -2.51. The van der Waals surface area contributed by atoms with Crippen molar-refractivity contribution in [2.75, 3.05) is 33.9 Å². The summed E-state index contributed by atoms with van der Waals surface area (Å²) < 4.78 is 10.4. The van der Waals surface area contributed by atoms with E-state index in [-0.39, 0.29) is 17.5 Å². The molecule has 0 atom stereocenters. The van der Waals surface area contributed by atoms with Crippen LogP contribution in [-0.4, -0.2) is 56.2 Å². The minimum Gasteiger partial charge on any atom is -0.493 e. The Hall–Kier alpha value is -2.44. The van der Waals surface area contributed by atoms with Gasteiger partial charge in [0, 0.05) is 30.7 Å². The fourth-order valence-corrected chi connectivity index (χ4v) is 3.06. The summed E-state index contributed by atoms with van der Waals surface area (Å²) in [5, 5.41) is 5.98. The maximum atomic E-state index is 12.4. The number of nitrogens with one attached hydrogen (secondary N) is 2. The smallest absolute Gasteiger partial charge is 0.317 e. The van der Waals surface area contributed by atoms with E-state index >= 15 is 0 Å². The molecule has 2 N–H and O–H groups in total. The number of methoxy groups -OCH3 is 2. The van der Waals surface area contributed by atoms with E-state index in [0.29, 0.717) is 42.6 Å². The van der Waals surface area contributed by atoms with Gasteiger partial charge in [-0.05, 0) is 57.7 Å². The number of amides is 3. The molecule has 1 aliphatic rings. The van der Waals surface area contributed by atoms with Gasteiger partial charge in [0.2, 0.25) is 0 Å². The Kier molecular flexibility index (Phi) is 6.93. The monoisotopic (exact) mass is 377 g/mol. The van der Waals surface area contributed by atoms with Gasteiger partial charge >= 0.3 is 6.03 Å². The lowest BCUT2D eigenvalue weighted by atomic mass is 9.96. The largest absolute Gasteiger partial charge is 0.493 e. The fourth-order valence-electron chi connectivity index (χ4n) is 3.06. The first-order chi connectivity index (χ1) is 12.7. The van der Waals surface area contributed by atoms with Gasteiger partial charge in [-0.1, -0.05) is 0 Å². The molecule has 1 saturated heterocycles. The zero-order chi connectivity index (χ0) is 20.0. The quantitative estimate of drug-likeness (QED) is 0.827. The van der Waals surface area contributed by atoms with Crippen molar-refractivity contribution < 1.29 is 19.1 Å². The number of carbonyl (C=O) groups is 2. The number of rotatable bonds is 5. The highest BCUT2D eigenvalue weighted by Gasteiger charge is 2.25. The van der Waals surface area contributed by atoms with Crippen molar-refractivity contribution in [2.24, 2.45) is 5.92 Å². The molecule has 1 aromatic carbocycles. The normalized spacial score (nSPS) is 15.2. The molecule has 0 radical (unpaired) electrons. The Balaban J connectivity index is 1.81. The maximum absolute atomic E-state index is 12.4. The predicted molar refractivity (Wildman–Crippen MR) is 104 cm³/mol. The molecule has 0 spiro atoms. The molecule has 0 aromatic heterocycles. The van der Waals surface area contributed by atoms with Crippen LogP contribution in [0, 0.1) is 5.92 Å². The topological polar surface area (TPSA) is 79.9 Å². The number of urea groups is 1. The minimum absolute atomic E-state index is 0.0182. The SMILES string of the molecule is COc1ccc(C(=O)NCC2CCN(C(=O)NC(C)(C)C)CC2)cc1OC. The van der Waals surface area contributed by atoms with Gasteiger partial charge in [-0.3, -0.25) is 4.79 Å². The van der Waals surface area contributed by atoms with Gasteiger partial charge in [-0.25, -0.2) is 4.79 Å². The van der Waals surface area contributed by atoms with E-state index in [9.17, 15) is 9.59 Å². The highest BCUT2D eigenvalue weighted by atomic mass is 16.5. The van der Waals surface area contributed by atoms with E-state index in [4.69, 9.17) is 9.47 Å². The summed E-state index contributed by atoms with van der Waals surface area (Å²) in [5.74, 6) is 1.36. The molecule has 1 aliphatic heterocycles. The number of hydrogen-bond donors (Lipinski definition) is 2. The summed E-state index contributed by atoms with van der Waals surface area (Å²) in [6, 6.07) is 5.10. The van der Waals surface area contributed by atoms with Crippen LogP contribution in [0.15, 0.2) is 18.2 Å². The molecule has 3 amide bonds. The van der Waals surface area contributed by atoms with E-state index in [0.717, 1.165) is 12.8 Å². The van der Waals surface area contributed by atoms with Crippen molar-refractivity contribution in [1.29, 1.82) is 0 Å². The van der Waals surface area contributed by atoms with Crippen LogP contribution in [0.2, 0.25) is 0 Å². The number of hydrogen-bond acceptors (Lipinski definition) is 4. The van der Waals surface area contributed by atoms with Gasteiger partial charge in [0.05, 0.1) is 14.2 Å². The summed E-state index contributed by atoms with van der Waals surface area (Å²) in [4.78, 5) is 26.5. The first kappa shape index (κ1) is 20.9. The van der Waals surface area contributed by atoms with Crippen LogP contribution in [0.3, 0.4) is 0 Å². The van der Waals surface area contributed by atoms with E-state index in [1.807, 2.05) is 25.7 Å². The molecule has 1 aromatic rings. The summed E-state index contributed by atoms with van der Waals surface area (Å²) in [5.41, 5.74) is 0.302. The molecule has 150 valence electrons. The van der Waals surface area contributed by atoms with Crippen molar-refractivity contribution in [1.82, 2.24) is 15.5 Å². The third-order valence-corrected chi connectivity index (χ3v) is 4.58. The standard InChI is InChI=1S/C20H31N3O4/c1-20(2,3)22-19(25)23-10-8-14(9-11-23)13-21-18(24)15-6-7-16(26-4)17(12-15)27-5/h6-7,12,14H,8-11,13H2,1-5H3,(H,21,24)(H,22,25). The van der Waals surface area contributed by atoms with Crippen LogP contribution in [0.5, 0.6) is 11.5 Å². The number of benzene rings is 1. The van der Waals surface area contributed by atoms with Crippen LogP contribution >= 0.6 is 0 Å². The number of nitrogens with zero attached hydrogens (tertiary/aromatic N) is 1. The third-order valence-electron chi connectivity index (χ3n) is 4.58. The zero-order valence-corrected chi connectivity index (χ0v) is 16.9. The lowest BCUT2D eigenvalue weighted by molar-refractivity contribution is 0.0936. The number of likely N-dealkylation sites (tertiary alicyclic amines) is 1. The van der Waals surface area contributed by atoms with Crippen LogP contribution in [0.4, 0.5) is 4.79 Å². The second-order valence-corrected chi connectivity index (χ2v) is 7.89. The van der Waals surface area contributed by atoms with Gasteiger partial charge in [0.15, 0.2) is 11.5 Å². The Labute approximate surface area is 161 Å². The summed E-state index contributed by atoms with van der Waals surface area (Å²) in [7, 11) is 3.11. The van der Waals surface area contributed by atoms with Gasteiger partial charge in [-0.15, -0.1) is 0 Å². The van der Waals surface area contributed by atoms with Crippen LogP contribution in [0.25, 0.3) is 0 Å². The molecule has 0 saturated carbocycles. The number of carbonyl (C=O) groups excluding carboxylic acids is 2. The van der Waals surface area contributed by atoms with Crippen molar-refractivity contribution in [2.45, 2.75) is 39.2 Å². The first-order valence-corrected chi connectivity index (χ1v) is 9.31. The Morgan fingerprint density at radius 3 is 2.30 bits per heavy atom. The summed E-state index contributed by atoms with van der Waals surface area (Å²) in [6.45, 7) is 7.93. The molecule has 0 bridgehead atoms. The second kappa shape index (κ2) is 8.97. The van der Waals surface area contributed by atoms with Crippen LogP contribution in [0.1, 0.15) is 44.0 Å². The molecular formula is C20H31N3O4. The lowest BCUT2D eigenvalue weighted by Gasteiger charge is -2.34. The van der Waals surface area contributed by atoms with Crippen LogP contribution in [-0.2, 0) is 0 Å². The molecule has 1 fully saturated rings. The van der Waals surface area contributed by atoms with Gasteiger partial charge < -0.3 is 25.0 Å². The Morgan fingerprint density at radius 2 is 1.74 bits per heavy atom. The van der Waals surface area contributed by atoms with E-state index in [1.165, 1.54) is 0 Å². The van der Waals surface area contributed by atoms with E-state index < -0.39 is 0 Å². The van der Waals surface area contributed by atoms with Gasteiger partial charge in [0.1, 0.15) is 0 Å². The maximum Gasteiger partial charge on any atom is 0.317 e. The zero-order valence-electron chi connectivity index (χ0n) is 16.9. The average molecular weight is 377 g/mol. The van der Waals surface area contributed by atoms with E-state index in [1.54, 1.807) is 32.4 Å². The predicted octanol–water partition coefficient (Wildman–Crippen LogP) is 2.65. The molecule has 0 aliphatic carbocycles. The van der Waals surface area contributed by atoms with Crippen molar-refractivity contribution in [3.05, 3.63) is 23.8 Å². The molecular weight excluding hydrogens is 346 g/mol. The Bertz CT molecular complexity index is 662. The minimum atomic E-state index is -0.235. The highest BCUT2D eigenvalue weighted by molar-refractivity contribution is 5.94. The molecule has 7 nitrogen and oxygen atoms in total.